The zero-order valence-electron chi connectivity index (χ0n) is 23.9. The van der Waals surface area contributed by atoms with Crippen LogP contribution in [0.15, 0.2) is 29.2 Å². The SMILES string of the molecule is O=C(O)OC(COc1c2n(cc(C(=O)NCc3ccc(F)cc3F)c1=O)C[C@@H]1N(C[C@H]3CCCN31)C2=O)CN1CCOCC1. The highest BCUT2D eigenvalue weighted by atomic mass is 19.1. The monoisotopic (exact) mass is 617 g/mol. The van der Waals surface area contributed by atoms with Crippen LogP contribution in [0.1, 0.15) is 39.3 Å². The smallest absolute Gasteiger partial charge is 0.483 e. The minimum Gasteiger partial charge on any atom is -0.483 e. The van der Waals surface area contributed by atoms with Crippen molar-refractivity contribution in [3.8, 4) is 5.75 Å². The third-order valence-electron chi connectivity index (χ3n) is 8.58. The van der Waals surface area contributed by atoms with E-state index < -0.39 is 41.1 Å². The van der Waals surface area contributed by atoms with Gasteiger partial charge in [0.1, 0.15) is 30.0 Å². The Bertz CT molecular complexity index is 1510. The number of benzene rings is 1. The molecule has 4 aliphatic heterocycles. The molecule has 0 bridgehead atoms. The molecule has 236 valence electrons. The van der Waals surface area contributed by atoms with Crippen molar-refractivity contribution in [3.63, 3.8) is 0 Å². The summed E-state index contributed by atoms with van der Waals surface area (Å²) < 4.78 is 45.4. The average molecular weight is 618 g/mol. The van der Waals surface area contributed by atoms with Crippen molar-refractivity contribution < 1.29 is 42.5 Å². The number of amides is 2. The lowest BCUT2D eigenvalue weighted by Crippen LogP contribution is -2.51. The standard InChI is InChI=1S/C29H33F2N5O8/c30-18-4-3-17(22(31)10-18)11-32-27(38)21-14-34-15-23-35-5-1-2-19(35)12-36(23)28(39)24(34)26(25(21)37)43-16-20(44-29(40)41)13-33-6-8-42-9-7-33/h3-4,10,14,19-20,23H,1-2,5-9,11-13,15-16H2,(H,32,38)(H,40,41)/t19-,20?,23+/m1/s1. The van der Waals surface area contributed by atoms with E-state index in [0.717, 1.165) is 25.5 Å². The number of ether oxygens (including phenoxy) is 3. The Hall–Kier alpha value is -4.08. The van der Waals surface area contributed by atoms with E-state index in [4.69, 9.17) is 14.2 Å². The number of hydrogen-bond acceptors (Lipinski definition) is 9. The van der Waals surface area contributed by atoms with Gasteiger partial charge in [0, 0.05) is 63.1 Å². The number of halogens is 2. The van der Waals surface area contributed by atoms with Gasteiger partial charge in [-0.2, -0.15) is 0 Å². The molecule has 15 heteroatoms. The van der Waals surface area contributed by atoms with Crippen LogP contribution >= 0.6 is 0 Å². The second-order valence-electron chi connectivity index (χ2n) is 11.3. The minimum absolute atomic E-state index is 0.0166. The molecule has 0 radical (unpaired) electrons. The normalized spacial score (nSPS) is 22.2. The summed E-state index contributed by atoms with van der Waals surface area (Å²) in [5, 5.41) is 11.8. The van der Waals surface area contributed by atoms with Gasteiger partial charge in [0.25, 0.3) is 11.8 Å². The molecule has 3 fully saturated rings. The van der Waals surface area contributed by atoms with Gasteiger partial charge in [-0.25, -0.2) is 13.6 Å². The van der Waals surface area contributed by atoms with E-state index in [1.807, 2.05) is 4.90 Å². The quantitative estimate of drug-likeness (QED) is 0.393. The summed E-state index contributed by atoms with van der Waals surface area (Å²) in [6.45, 7) is 3.11. The average Bonchev–Trinajstić information content (AvgIpc) is 3.59. The first kappa shape index (κ1) is 30.0. The molecule has 4 aliphatic rings. The van der Waals surface area contributed by atoms with E-state index in [0.29, 0.717) is 38.9 Å². The summed E-state index contributed by atoms with van der Waals surface area (Å²) >= 11 is 0. The molecule has 1 unspecified atom stereocenters. The molecule has 3 saturated heterocycles. The van der Waals surface area contributed by atoms with Crippen LogP contribution in [0.2, 0.25) is 0 Å². The molecule has 13 nitrogen and oxygen atoms in total. The lowest BCUT2D eigenvalue weighted by molar-refractivity contribution is -0.0156. The van der Waals surface area contributed by atoms with Crippen LogP contribution in [-0.2, 0) is 22.6 Å². The van der Waals surface area contributed by atoms with Gasteiger partial charge in [0.15, 0.2) is 17.5 Å². The highest BCUT2D eigenvalue weighted by Crippen LogP contribution is 2.35. The van der Waals surface area contributed by atoms with Crippen LogP contribution in [-0.4, -0.2) is 113 Å². The van der Waals surface area contributed by atoms with E-state index in [1.54, 1.807) is 4.90 Å². The van der Waals surface area contributed by atoms with Crippen molar-refractivity contribution in [1.29, 1.82) is 0 Å². The number of carbonyl (C=O) groups excluding carboxylic acids is 2. The van der Waals surface area contributed by atoms with E-state index in [9.17, 15) is 33.1 Å². The number of pyridine rings is 1. The fraction of sp³-hybridized carbons (Fsp3) is 0.517. The number of morpholine rings is 1. The fourth-order valence-corrected chi connectivity index (χ4v) is 6.46. The topological polar surface area (TPSA) is 143 Å². The molecule has 0 saturated carbocycles. The summed E-state index contributed by atoms with van der Waals surface area (Å²) in [5.41, 5.74) is -1.23. The van der Waals surface area contributed by atoms with Crippen LogP contribution in [0, 0.1) is 11.6 Å². The maximum Gasteiger partial charge on any atom is 0.506 e. The predicted molar refractivity (Wildman–Crippen MR) is 148 cm³/mol. The predicted octanol–water partition coefficient (Wildman–Crippen LogP) is 1.09. The largest absolute Gasteiger partial charge is 0.506 e. The molecule has 2 aromatic rings. The molecule has 0 aliphatic carbocycles. The third kappa shape index (κ3) is 5.99. The first-order valence-corrected chi connectivity index (χ1v) is 14.6. The number of nitrogens with zero attached hydrogens (tertiary/aromatic N) is 4. The van der Waals surface area contributed by atoms with Gasteiger partial charge in [-0.3, -0.25) is 24.2 Å². The Morgan fingerprint density at radius 2 is 1.93 bits per heavy atom. The summed E-state index contributed by atoms with van der Waals surface area (Å²) in [7, 11) is 0. The number of fused-ring (bicyclic) bond motifs is 4. The van der Waals surface area contributed by atoms with Crippen molar-refractivity contribution in [1.82, 2.24) is 24.6 Å². The minimum atomic E-state index is -1.52. The van der Waals surface area contributed by atoms with Crippen LogP contribution in [0.25, 0.3) is 0 Å². The second kappa shape index (κ2) is 12.5. The Kier molecular flexibility index (Phi) is 8.51. The number of hydrogen-bond donors (Lipinski definition) is 2. The fourth-order valence-electron chi connectivity index (χ4n) is 6.46. The second-order valence-corrected chi connectivity index (χ2v) is 11.3. The van der Waals surface area contributed by atoms with Crippen molar-refractivity contribution in [2.45, 2.75) is 44.2 Å². The molecule has 44 heavy (non-hydrogen) atoms. The maximum atomic E-state index is 14.2. The van der Waals surface area contributed by atoms with E-state index in [-0.39, 0.29) is 61.0 Å². The Balaban J connectivity index is 1.30. The molecule has 1 aromatic carbocycles. The number of carbonyl (C=O) groups is 3. The van der Waals surface area contributed by atoms with Crippen molar-refractivity contribution >= 4 is 18.0 Å². The maximum absolute atomic E-state index is 14.2. The lowest BCUT2D eigenvalue weighted by Gasteiger charge is -2.36. The number of nitrogens with one attached hydrogen (secondary N) is 1. The zero-order chi connectivity index (χ0) is 31.0. The first-order valence-electron chi connectivity index (χ1n) is 14.6. The summed E-state index contributed by atoms with van der Waals surface area (Å²) in [5.74, 6) is -3.27. The van der Waals surface area contributed by atoms with Crippen LogP contribution in [0.5, 0.6) is 5.75 Å². The summed E-state index contributed by atoms with van der Waals surface area (Å²) in [6.07, 6.45) is 0.471. The van der Waals surface area contributed by atoms with Gasteiger partial charge >= 0.3 is 6.16 Å². The number of aromatic nitrogens is 1. The lowest BCUT2D eigenvalue weighted by atomic mass is 10.1. The molecular weight excluding hydrogens is 584 g/mol. The molecule has 2 amide bonds. The van der Waals surface area contributed by atoms with E-state index in [1.165, 1.54) is 16.8 Å². The Labute approximate surface area is 250 Å². The molecule has 3 atom stereocenters. The van der Waals surface area contributed by atoms with E-state index >= 15 is 0 Å². The van der Waals surface area contributed by atoms with Crippen LogP contribution < -0.4 is 15.5 Å². The molecular formula is C29H33F2N5O8. The Morgan fingerprint density at radius 1 is 1.14 bits per heavy atom. The highest BCUT2D eigenvalue weighted by molar-refractivity contribution is 5.99. The number of carboxylic acid groups (broad SMARTS) is 1. The summed E-state index contributed by atoms with van der Waals surface area (Å²) in [4.78, 5) is 58.3. The van der Waals surface area contributed by atoms with Crippen molar-refractivity contribution in [3.05, 3.63) is 63.1 Å². The van der Waals surface area contributed by atoms with Gasteiger partial charge in [0.05, 0.1) is 19.8 Å². The van der Waals surface area contributed by atoms with Gasteiger partial charge in [-0.15, -0.1) is 0 Å². The van der Waals surface area contributed by atoms with Gasteiger partial charge in [-0.1, -0.05) is 6.07 Å². The highest BCUT2D eigenvalue weighted by Gasteiger charge is 2.48. The van der Waals surface area contributed by atoms with Crippen LogP contribution in [0.3, 0.4) is 0 Å². The summed E-state index contributed by atoms with van der Waals surface area (Å²) in [6, 6.07) is 3.14. The molecule has 6 rings (SSSR count). The van der Waals surface area contributed by atoms with Gasteiger partial charge < -0.3 is 34.1 Å². The van der Waals surface area contributed by atoms with Gasteiger partial charge in [0.2, 0.25) is 5.43 Å². The molecule has 2 N–H and O–H groups in total. The molecule has 0 spiro atoms. The van der Waals surface area contributed by atoms with Crippen LogP contribution in [0.4, 0.5) is 13.6 Å². The van der Waals surface area contributed by atoms with Gasteiger partial charge in [-0.05, 0) is 18.9 Å². The first-order chi connectivity index (χ1) is 21.2. The number of rotatable bonds is 9. The third-order valence-corrected chi connectivity index (χ3v) is 8.58. The zero-order valence-corrected chi connectivity index (χ0v) is 23.9. The van der Waals surface area contributed by atoms with Crippen molar-refractivity contribution in [2.24, 2.45) is 0 Å². The Morgan fingerprint density at radius 3 is 2.68 bits per heavy atom. The molecule has 1 aromatic heterocycles. The molecule has 5 heterocycles. The van der Waals surface area contributed by atoms with E-state index in [2.05, 4.69) is 10.2 Å². The van der Waals surface area contributed by atoms with Crippen molar-refractivity contribution in [2.75, 3.05) is 52.5 Å².